The summed E-state index contributed by atoms with van der Waals surface area (Å²) in [4.78, 5) is 99.2. The highest BCUT2D eigenvalue weighted by molar-refractivity contribution is 5.93. The Morgan fingerprint density at radius 2 is 0.537 bits per heavy atom. The predicted octanol–water partition coefficient (Wildman–Crippen LogP) is 8.31. The molecule has 0 radical (unpaired) electrons. The van der Waals surface area contributed by atoms with E-state index >= 15 is 0 Å². The van der Waals surface area contributed by atoms with E-state index in [1.54, 1.807) is 127 Å². The third kappa shape index (κ3) is 13.9. The second-order valence-electron chi connectivity index (χ2n) is 18.0. The van der Waals surface area contributed by atoms with Crippen molar-refractivity contribution in [1.82, 2.24) is 0 Å². The Labute approximate surface area is 458 Å². The maximum absolute atomic E-state index is 14.5. The first-order chi connectivity index (χ1) is 39.0. The Balaban J connectivity index is 1.20. The molecule has 2 aliphatic rings. The number of benzene rings is 7. The summed E-state index contributed by atoms with van der Waals surface area (Å²) < 4.78 is 68.9. The molecule has 2 heterocycles. The largest absolute Gasteiger partial charge is 0.459 e. The first-order valence-corrected chi connectivity index (χ1v) is 25.3. The number of hydrogen-bond acceptors (Lipinski definition) is 18. The van der Waals surface area contributed by atoms with Gasteiger partial charge in [0.2, 0.25) is 0 Å². The molecule has 18 heteroatoms. The van der Waals surface area contributed by atoms with Crippen LogP contribution in [0.4, 0.5) is 0 Å². The molecule has 408 valence electrons. The third-order valence-corrected chi connectivity index (χ3v) is 12.7. The monoisotopic (exact) mass is 1080 g/mol. The summed E-state index contributed by atoms with van der Waals surface area (Å²) in [5.74, 6) is -6.45. The number of methoxy groups -OCH3 is 1. The molecule has 7 aromatic carbocycles. The van der Waals surface area contributed by atoms with Crippen molar-refractivity contribution in [3.8, 4) is 0 Å². The Hall–Kier alpha value is -9.33. The van der Waals surface area contributed by atoms with E-state index in [-0.39, 0.29) is 38.9 Å². The molecule has 10 unspecified atom stereocenters. The van der Waals surface area contributed by atoms with Gasteiger partial charge in [0.25, 0.3) is 0 Å². The lowest BCUT2D eigenvalue weighted by atomic mass is 9.95. The molecule has 0 aliphatic carbocycles. The van der Waals surface area contributed by atoms with Gasteiger partial charge in [0.15, 0.2) is 43.1 Å². The van der Waals surface area contributed by atoms with Crippen LogP contribution < -0.4 is 0 Å². The van der Waals surface area contributed by atoms with Gasteiger partial charge in [-0.25, -0.2) is 33.6 Å². The number of esters is 7. The van der Waals surface area contributed by atoms with Gasteiger partial charge in [-0.15, -0.1) is 0 Å². The maximum Gasteiger partial charge on any atom is 0.338 e. The van der Waals surface area contributed by atoms with Crippen LogP contribution in [-0.2, 0) is 52.1 Å². The van der Waals surface area contributed by atoms with Crippen molar-refractivity contribution in [3.05, 3.63) is 251 Å². The molecule has 2 saturated heterocycles. The van der Waals surface area contributed by atoms with Crippen molar-refractivity contribution in [2.75, 3.05) is 20.3 Å². The zero-order chi connectivity index (χ0) is 55.8. The van der Waals surface area contributed by atoms with E-state index < -0.39 is 116 Å². The van der Waals surface area contributed by atoms with Gasteiger partial charge in [-0.05, 0) is 84.9 Å². The van der Waals surface area contributed by atoms with Crippen molar-refractivity contribution in [2.24, 2.45) is 0 Å². The minimum Gasteiger partial charge on any atom is -0.459 e. The van der Waals surface area contributed by atoms with Gasteiger partial charge in [0, 0.05) is 7.11 Å². The first kappa shape index (κ1) is 55.4. The molecule has 2 fully saturated rings. The highest BCUT2D eigenvalue weighted by Gasteiger charge is 2.58. The molecule has 0 aromatic heterocycles. The SMILES string of the molecule is COC1OC(COC(=O)c2ccccc2)C(OC(=O)c2ccccc2)C(OC2OC(COC(=O)c3ccccc3)C(OC(=O)c3ccccc3)C(OC(=O)c3ccccc3)C2OC(=O)c2ccccc2)C1OC(=O)c1ccccc1. The Kier molecular flexibility index (Phi) is 18.6. The van der Waals surface area contributed by atoms with E-state index in [1.165, 1.54) is 92.0 Å². The van der Waals surface area contributed by atoms with E-state index in [0.29, 0.717) is 0 Å². The fourth-order valence-electron chi connectivity index (χ4n) is 8.76. The molecule has 2 aliphatic heterocycles. The molecular weight excluding hydrogens is 1030 g/mol. The van der Waals surface area contributed by atoms with Gasteiger partial charge in [-0.3, -0.25) is 0 Å². The van der Waals surface area contributed by atoms with E-state index in [0.717, 1.165) is 0 Å². The van der Waals surface area contributed by atoms with Gasteiger partial charge in [-0.1, -0.05) is 127 Å². The van der Waals surface area contributed by atoms with Crippen molar-refractivity contribution in [2.45, 2.75) is 61.4 Å². The van der Waals surface area contributed by atoms with Crippen molar-refractivity contribution in [3.63, 3.8) is 0 Å². The summed E-state index contributed by atoms with van der Waals surface area (Å²) >= 11 is 0. The molecule has 10 atom stereocenters. The minimum atomic E-state index is -2.05. The van der Waals surface area contributed by atoms with E-state index in [1.807, 2.05) is 0 Å². The molecule has 0 amide bonds. The summed E-state index contributed by atoms with van der Waals surface area (Å²) in [6.45, 7) is -1.37. The second-order valence-corrected chi connectivity index (χ2v) is 18.0. The smallest absolute Gasteiger partial charge is 0.338 e. The molecular formula is C62H52O18. The quantitative estimate of drug-likeness (QED) is 0.0549. The standard InChI is InChI=1S/C62H52O18/c1-70-61-52(78-59(68)44-33-19-7-20-34-44)51(49(76-57(66)42-29-15-5-16-30-42)46(73-61)37-71-54(63)39-23-9-2-10-24-39)80-62-53(79-60(69)45-35-21-8-22-36-45)50(77-58(67)43-31-17-6-18-32-43)48(75-56(65)41-27-13-4-14-28-41)47(74-62)38-72-55(64)40-25-11-3-12-26-40/h2-36,46-53,61-62H,37-38H2,1H3. The highest BCUT2D eigenvalue weighted by atomic mass is 16.8. The van der Waals surface area contributed by atoms with E-state index in [2.05, 4.69) is 0 Å². The number of rotatable bonds is 19. The fourth-order valence-corrected chi connectivity index (χ4v) is 8.76. The lowest BCUT2D eigenvalue weighted by Gasteiger charge is -2.48. The van der Waals surface area contributed by atoms with Crippen LogP contribution in [0.15, 0.2) is 212 Å². The summed E-state index contributed by atoms with van der Waals surface area (Å²) in [5.41, 5.74) is 0.499. The van der Waals surface area contributed by atoms with Crippen LogP contribution in [0.5, 0.6) is 0 Å². The van der Waals surface area contributed by atoms with Crippen LogP contribution in [0.1, 0.15) is 72.5 Å². The van der Waals surface area contributed by atoms with Crippen LogP contribution >= 0.6 is 0 Å². The number of ether oxygens (including phenoxy) is 11. The first-order valence-electron chi connectivity index (χ1n) is 25.3. The van der Waals surface area contributed by atoms with Gasteiger partial charge in [0.05, 0.1) is 38.9 Å². The van der Waals surface area contributed by atoms with Crippen molar-refractivity contribution in [1.29, 1.82) is 0 Å². The maximum atomic E-state index is 14.5. The number of carbonyl (C=O) groups excluding carboxylic acids is 7. The predicted molar refractivity (Wildman–Crippen MR) is 281 cm³/mol. The molecule has 0 saturated carbocycles. The molecule has 18 nitrogen and oxygen atoms in total. The van der Waals surface area contributed by atoms with Crippen LogP contribution in [0, 0.1) is 0 Å². The Morgan fingerprint density at radius 3 is 0.838 bits per heavy atom. The second kappa shape index (κ2) is 26.8. The van der Waals surface area contributed by atoms with Crippen LogP contribution in [-0.4, -0.2) is 124 Å². The van der Waals surface area contributed by atoms with Gasteiger partial charge >= 0.3 is 41.8 Å². The average Bonchev–Trinajstić information content (AvgIpc) is 3.54. The van der Waals surface area contributed by atoms with Crippen LogP contribution in [0.2, 0.25) is 0 Å². The van der Waals surface area contributed by atoms with Crippen LogP contribution in [0.25, 0.3) is 0 Å². The zero-order valence-corrected chi connectivity index (χ0v) is 42.7. The van der Waals surface area contributed by atoms with Gasteiger partial charge in [0.1, 0.15) is 31.5 Å². The topological polar surface area (TPSA) is 221 Å². The summed E-state index contributed by atoms with van der Waals surface area (Å²) in [5, 5.41) is 0. The normalized spacial score (nSPS) is 22.3. The lowest BCUT2D eigenvalue weighted by Crippen LogP contribution is -2.67. The average molecular weight is 1090 g/mol. The summed E-state index contributed by atoms with van der Waals surface area (Å²) in [7, 11) is 1.23. The molecule has 80 heavy (non-hydrogen) atoms. The zero-order valence-electron chi connectivity index (χ0n) is 42.7. The molecule has 9 rings (SSSR count). The van der Waals surface area contributed by atoms with Crippen molar-refractivity contribution < 1.29 is 85.7 Å². The lowest BCUT2D eigenvalue weighted by molar-refractivity contribution is -0.354. The third-order valence-electron chi connectivity index (χ3n) is 12.7. The molecule has 0 spiro atoms. The fraction of sp³-hybridized carbons (Fsp3) is 0.210. The molecule has 7 aromatic rings. The summed E-state index contributed by atoms with van der Waals surface area (Å²) in [6, 6.07) is 54.9. The molecule has 0 bridgehead atoms. The van der Waals surface area contributed by atoms with Gasteiger partial charge in [-0.2, -0.15) is 0 Å². The van der Waals surface area contributed by atoms with Crippen LogP contribution in [0.3, 0.4) is 0 Å². The Morgan fingerprint density at radius 1 is 0.300 bits per heavy atom. The number of hydrogen-bond donors (Lipinski definition) is 0. The molecule has 0 N–H and O–H groups in total. The minimum absolute atomic E-state index is 0.00581. The summed E-state index contributed by atoms with van der Waals surface area (Å²) in [6.07, 6.45) is -17.8. The highest BCUT2D eigenvalue weighted by Crippen LogP contribution is 2.37. The van der Waals surface area contributed by atoms with Crippen molar-refractivity contribution >= 4 is 41.8 Å². The number of carbonyl (C=O) groups is 7. The van der Waals surface area contributed by atoms with E-state index in [4.69, 9.17) is 52.1 Å². The van der Waals surface area contributed by atoms with Gasteiger partial charge < -0.3 is 52.1 Å². The Bertz CT molecular complexity index is 3190. The van der Waals surface area contributed by atoms with E-state index in [9.17, 15) is 33.6 Å².